The van der Waals surface area contributed by atoms with E-state index in [9.17, 15) is 14.7 Å². The first-order valence-corrected chi connectivity index (χ1v) is 12.8. The number of carbonyl (C=O) groups is 2. The van der Waals surface area contributed by atoms with Crippen LogP contribution >= 0.6 is 11.8 Å². The molecule has 0 spiro atoms. The Kier molecular flexibility index (Phi) is 21.4. The minimum atomic E-state index is -0.576. The third-order valence-electron chi connectivity index (χ3n) is 5.03. The first kappa shape index (κ1) is 28.2. The molecule has 0 aromatic rings. The van der Waals surface area contributed by atoms with Crippen molar-refractivity contribution in [3.8, 4) is 0 Å². The largest absolute Gasteiger partial charge is 0.469 e. The van der Waals surface area contributed by atoms with Crippen molar-refractivity contribution < 1.29 is 19.4 Å². The van der Waals surface area contributed by atoms with Crippen molar-refractivity contribution in [2.75, 3.05) is 25.2 Å². The fourth-order valence-electron chi connectivity index (χ4n) is 3.16. The van der Waals surface area contributed by atoms with Gasteiger partial charge < -0.3 is 15.2 Å². The average molecular weight is 432 g/mol. The van der Waals surface area contributed by atoms with Crippen LogP contribution in [-0.2, 0) is 14.3 Å². The molecule has 6 heteroatoms. The molecule has 0 heterocycles. The number of hydrogen-bond acceptors (Lipinski definition) is 5. The lowest BCUT2D eigenvalue weighted by Crippen LogP contribution is -2.33. The minimum Gasteiger partial charge on any atom is -0.469 e. The summed E-state index contributed by atoms with van der Waals surface area (Å²) in [7, 11) is 1.37. The van der Waals surface area contributed by atoms with E-state index in [2.05, 4.69) is 17.0 Å². The quantitative estimate of drug-likeness (QED) is 0.192. The monoisotopic (exact) mass is 431 g/mol. The number of ether oxygens (including phenoxy) is 1. The van der Waals surface area contributed by atoms with Gasteiger partial charge in [0.2, 0.25) is 5.91 Å². The molecule has 0 bridgehead atoms. The SMILES string of the molecule is CCCCCCCCCCCCCCCC(=O)NCC(O)CSCCC(=O)OC. The zero-order valence-electron chi connectivity index (χ0n) is 18.9. The van der Waals surface area contributed by atoms with Crippen molar-refractivity contribution in [2.24, 2.45) is 0 Å². The van der Waals surface area contributed by atoms with E-state index in [1.165, 1.54) is 89.5 Å². The molecular weight excluding hydrogens is 386 g/mol. The number of rotatable bonds is 21. The van der Waals surface area contributed by atoms with Crippen LogP contribution in [-0.4, -0.2) is 48.2 Å². The molecule has 29 heavy (non-hydrogen) atoms. The molecule has 1 amide bonds. The van der Waals surface area contributed by atoms with Gasteiger partial charge in [-0.05, 0) is 6.42 Å². The molecule has 0 aromatic carbocycles. The van der Waals surface area contributed by atoms with Gasteiger partial charge in [0, 0.05) is 24.5 Å². The second-order valence-corrected chi connectivity index (χ2v) is 9.00. The standard InChI is InChI=1S/C23H45NO4S/c1-3-4-5-6-7-8-9-10-11-12-13-14-15-16-22(26)24-19-21(25)20-29-18-17-23(27)28-2/h21,25H,3-20H2,1-2H3,(H,24,26). The van der Waals surface area contributed by atoms with E-state index in [1.807, 2.05) is 0 Å². The van der Waals surface area contributed by atoms with Crippen molar-refractivity contribution in [3.63, 3.8) is 0 Å². The average Bonchev–Trinajstić information content (AvgIpc) is 2.72. The Labute approximate surface area is 183 Å². The summed E-state index contributed by atoms with van der Waals surface area (Å²) in [6.07, 6.45) is 17.2. The van der Waals surface area contributed by atoms with E-state index >= 15 is 0 Å². The van der Waals surface area contributed by atoms with Gasteiger partial charge >= 0.3 is 5.97 Å². The molecule has 172 valence electrons. The Balaban J connectivity index is 3.32. The highest BCUT2D eigenvalue weighted by Gasteiger charge is 2.08. The predicted octanol–water partition coefficient (Wildman–Crippen LogP) is 5.24. The van der Waals surface area contributed by atoms with Gasteiger partial charge in [0.15, 0.2) is 0 Å². The number of aliphatic hydroxyl groups is 1. The van der Waals surface area contributed by atoms with Crippen molar-refractivity contribution in [3.05, 3.63) is 0 Å². The Bertz CT molecular complexity index is 393. The van der Waals surface area contributed by atoms with Gasteiger partial charge in [-0.25, -0.2) is 0 Å². The van der Waals surface area contributed by atoms with E-state index in [4.69, 9.17) is 0 Å². The number of carbonyl (C=O) groups excluding carboxylic acids is 2. The van der Waals surface area contributed by atoms with Crippen LogP contribution < -0.4 is 5.32 Å². The number of aliphatic hydroxyl groups excluding tert-OH is 1. The van der Waals surface area contributed by atoms with Gasteiger partial charge in [-0.1, -0.05) is 84.0 Å². The van der Waals surface area contributed by atoms with Crippen LogP contribution in [0.4, 0.5) is 0 Å². The third kappa shape index (κ3) is 21.8. The van der Waals surface area contributed by atoms with Crippen molar-refractivity contribution >= 4 is 23.6 Å². The zero-order valence-corrected chi connectivity index (χ0v) is 19.7. The molecule has 0 aliphatic heterocycles. The molecule has 2 N–H and O–H groups in total. The number of esters is 1. The van der Waals surface area contributed by atoms with Crippen LogP contribution in [0.1, 0.15) is 103 Å². The fraction of sp³-hybridized carbons (Fsp3) is 0.913. The first-order chi connectivity index (χ1) is 14.1. The van der Waals surface area contributed by atoms with Crippen LogP contribution in [0.5, 0.6) is 0 Å². The summed E-state index contributed by atoms with van der Waals surface area (Å²) in [5.41, 5.74) is 0. The van der Waals surface area contributed by atoms with Crippen LogP contribution in [0, 0.1) is 0 Å². The summed E-state index contributed by atoms with van der Waals surface area (Å²) in [6, 6.07) is 0. The highest BCUT2D eigenvalue weighted by atomic mass is 32.2. The molecule has 5 nitrogen and oxygen atoms in total. The van der Waals surface area contributed by atoms with Crippen LogP contribution in [0.3, 0.4) is 0 Å². The third-order valence-corrected chi connectivity index (χ3v) is 6.14. The molecular formula is C23H45NO4S. The summed E-state index contributed by atoms with van der Waals surface area (Å²) in [4.78, 5) is 22.8. The molecule has 0 fully saturated rings. The van der Waals surface area contributed by atoms with Crippen molar-refractivity contribution in [1.82, 2.24) is 5.32 Å². The topological polar surface area (TPSA) is 75.6 Å². The maximum Gasteiger partial charge on any atom is 0.306 e. The molecule has 0 rings (SSSR count). The molecule has 0 saturated heterocycles. The summed E-state index contributed by atoms with van der Waals surface area (Å²) in [5.74, 6) is 0.914. The van der Waals surface area contributed by atoms with Gasteiger partial charge in [0.1, 0.15) is 0 Å². The number of methoxy groups -OCH3 is 1. The lowest BCUT2D eigenvalue weighted by molar-refractivity contribution is -0.140. The summed E-state index contributed by atoms with van der Waals surface area (Å²) in [5, 5.41) is 12.6. The second-order valence-electron chi connectivity index (χ2n) is 7.85. The lowest BCUT2D eigenvalue weighted by Gasteiger charge is -2.11. The van der Waals surface area contributed by atoms with E-state index < -0.39 is 6.10 Å². The van der Waals surface area contributed by atoms with Gasteiger partial charge in [-0.15, -0.1) is 0 Å². The maximum atomic E-state index is 11.8. The number of hydrogen-bond donors (Lipinski definition) is 2. The van der Waals surface area contributed by atoms with E-state index in [1.54, 1.807) is 0 Å². The predicted molar refractivity (Wildman–Crippen MR) is 123 cm³/mol. The van der Waals surface area contributed by atoms with Gasteiger partial charge in [0.05, 0.1) is 19.6 Å². The Hall–Kier alpha value is -0.750. The fourth-order valence-corrected chi connectivity index (χ4v) is 4.03. The molecule has 0 saturated carbocycles. The van der Waals surface area contributed by atoms with E-state index in [0.717, 1.165) is 12.8 Å². The smallest absolute Gasteiger partial charge is 0.306 e. The van der Waals surface area contributed by atoms with Crippen molar-refractivity contribution in [2.45, 2.75) is 109 Å². The van der Waals surface area contributed by atoms with Crippen LogP contribution in [0.15, 0.2) is 0 Å². The van der Waals surface area contributed by atoms with Gasteiger partial charge in [-0.2, -0.15) is 11.8 Å². The van der Waals surface area contributed by atoms with Gasteiger partial charge in [-0.3, -0.25) is 9.59 Å². The van der Waals surface area contributed by atoms with E-state index in [-0.39, 0.29) is 18.4 Å². The Morgan fingerprint density at radius 1 is 0.862 bits per heavy atom. The lowest BCUT2D eigenvalue weighted by atomic mass is 10.0. The van der Waals surface area contributed by atoms with Crippen LogP contribution in [0.2, 0.25) is 0 Å². The normalized spacial score (nSPS) is 12.0. The zero-order chi connectivity index (χ0) is 21.6. The summed E-state index contributed by atoms with van der Waals surface area (Å²) in [6.45, 7) is 2.54. The number of amides is 1. The number of nitrogens with one attached hydrogen (secondary N) is 1. The van der Waals surface area contributed by atoms with Crippen molar-refractivity contribution in [1.29, 1.82) is 0 Å². The molecule has 1 atom stereocenters. The number of unbranched alkanes of at least 4 members (excludes halogenated alkanes) is 12. The molecule has 0 aliphatic rings. The Morgan fingerprint density at radius 2 is 1.38 bits per heavy atom. The number of thioether (sulfide) groups is 1. The summed E-state index contributed by atoms with van der Waals surface area (Å²) < 4.78 is 4.56. The summed E-state index contributed by atoms with van der Waals surface area (Å²) >= 11 is 1.49. The Morgan fingerprint density at radius 3 is 1.90 bits per heavy atom. The minimum absolute atomic E-state index is 0.0201. The molecule has 1 unspecified atom stereocenters. The van der Waals surface area contributed by atoms with Gasteiger partial charge in [0.25, 0.3) is 0 Å². The second kappa shape index (κ2) is 21.9. The highest BCUT2D eigenvalue weighted by Crippen LogP contribution is 2.13. The van der Waals surface area contributed by atoms with E-state index in [0.29, 0.717) is 24.3 Å². The maximum absolute atomic E-state index is 11.8. The molecule has 0 aromatic heterocycles. The molecule has 0 radical (unpaired) electrons. The first-order valence-electron chi connectivity index (χ1n) is 11.7. The highest BCUT2D eigenvalue weighted by molar-refractivity contribution is 7.99. The van der Waals surface area contributed by atoms with Crippen LogP contribution in [0.25, 0.3) is 0 Å². The molecule has 0 aliphatic carbocycles.